The molecule has 3 heteroatoms. The second-order valence-corrected chi connectivity index (χ2v) is 3.85. The molecule has 0 aliphatic heterocycles. The normalized spacial score (nSPS) is 12.6. The van der Waals surface area contributed by atoms with Crippen molar-refractivity contribution < 1.29 is 4.42 Å². The molecule has 0 aliphatic rings. The number of benzene rings is 1. The standard InChI is InChI=1S/C13H16N2O/c14-12(13-15-9-10-16-13)8-4-7-11-5-2-1-3-6-11/h1-3,5-6,9-10,12H,4,7-8,14H2. The third kappa shape index (κ3) is 2.94. The highest BCUT2D eigenvalue weighted by molar-refractivity contribution is 5.14. The van der Waals surface area contributed by atoms with Crippen molar-refractivity contribution in [2.45, 2.75) is 25.3 Å². The fourth-order valence-corrected chi connectivity index (χ4v) is 1.71. The maximum atomic E-state index is 5.95. The number of aromatic nitrogens is 1. The van der Waals surface area contributed by atoms with Gasteiger partial charge < -0.3 is 10.2 Å². The maximum absolute atomic E-state index is 5.95. The Kier molecular flexibility index (Phi) is 3.72. The molecule has 0 saturated carbocycles. The van der Waals surface area contributed by atoms with E-state index >= 15 is 0 Å². The lowest BCUT2D eigenvalue weighted by atomic mass is 10.1. The summed E-state index contributed by atoms with van der Waals surface area (Å²) in [5.74, 6) is 0.632. The summed E-state index contributed by atoms with van der Waals surface area (Å²) >= 11 is 0. The van der Waals surface area contributed by atoms with Crippen LogP contribution in [0.5, 0.6) is 0 Å². The number of hydrogen-bond donors (Lipinski definition) is 1. The van der Waals surface area contributed by atoms with Gasteiger partial charge in [0.2, 0.25) is 5.89 Å². The molecule has 1 aromatic heterocycles. The van der Waals surface area contributed by atoms with Crippen LogP contribution in [-0.2, 0) is 6.42 Å². The molecular formula is C13H16N2O. The monoisotopic (exact) mass is 216 g/mol. The van der Waals surface area contributed by atoms with Crippen LogP contribution in [0.1, 0.15) is 30.3 Å². The summed E-state index contributed by atoms with van der Waals surface area (Å²) in [6.45, 7) is 0. The van der Waals surface area contributed by atoms with E-state index in [1.165, 1.54) is 5.56 Å². The van der Waals surface area contributed by atoms with Crippen LogP contribution in [-0.4, -0.2) is 4.98 Å². The third-order valence-corrected chi connectivity index (χ3v) is 2.59. The van der Waals surface area contributed by atoms with Gasteiger partial charge in [-0.1, -0.05) is 30.3 Å². The summed E-state index contributed by atoms with van der Waals surface area (Å²) in [4.78, 5) is 4.05. The van der Waals surface area contributed by atoms with E-state index in [0.29, 0.717) is 5.89 Å². The zero-order valence-corrected chi connectivity index (χ0v) is 9.17. The lowest BCUT2D eigenvalue weighted by Crippen LogP contribution is -2.10. The fraction of sp³-hybridized carbons (Fsp3) is 0.308. The maximum Gasteiger partial charge on any atom is 0.210 e. The number of nitrogens with zero attached hydrogens (tertiary/aromatic N) is 1. The SMILES string of the molecule is NC(CCCc1ccccc1)c1ncco1. The molecule has 0 saturated heterocycles. The minimum Gasteiger partial charge on any atom is -0.447 e. The van der Waals surface area contributed by atoms with Gasteiger partial charge in [-0.3, -0.25) is 0 Å². The van der Waals surface area contributed by atoms with Crippen molar-refractivity contribution >= 4 is 0 Å². The Labute approximate surface area is 95.3 Å². The smallest absolute Gasteiger partial charge is 0.210 e. The second-order valence-electron chi connectivity index (χ2n) is 3.85. The first-order valence-electron chi connectivity index (χ1n) is 5.55. The van der Waals surface area contributed by atoms with E-state index in [9.17, 15) is 0 Å². The number of rotatable bonds is 5. The highest BCUT2D eigenvalue weighted by Gasteiger charge is 2.09. The average molecular weight is 216 g/mol. The molecule has 84 valence electrons. The Morgan fingerprint density at radius 1 is 1.25 bits per heavy atom. The molecule has 0 bridgehead atoms. The van der Waals surface area contributed by atoms with Gasteiger partial charge in [0, 0.05) is 0 Å². The van der Waals surface area contributed by atoms with Gasteiger partial charge in [-0.25, -0.2) is 4.98 Å². The molecule has 0 fully saturated rings. The molecular weight excluding hydrogens is 200 g/mol. The third-order valence-electron chi connectivity index (χ3n) is 2.59. The van der Waals surface area contributed by atoms with Gasteiger partial charge in [0.25, 0.3) is 0 Å². The Morgan fingerprint density at radius 3 is 2.75 bits per heavy atom. The fourth-order valence-electron chi connectivity index (χ4n) is 1.71. The highest BCUT2D eigenvalue weighted by atomic mass is 16.3. The average Bonchev–Trinajstić information content (AvgIpc) is 2.84. The van der Waals surface area contributed by atoms with E-state index < -0.39 is 0 Å². The second kappa shape index (κ2) is 5.47. The number of oxazole rings is 1. The van der Waals surface area contributed by atoms with Gasteiger partial charge >= 0.3 is 0 Å². The minimum atomic E-state index is -0.0845. The van der Waals surface area contributed by atoms with Gasteiger partial charge in [0.15, 0.2) is 0 Å². The zero-order chi connectivity index (χ0) is 11.2. The van der Waals surface area contributed by atoms with Crippen LogP contribution in [0.25, 0.3) is 0 Å². The number of aryl methyl sites for hydroxylation is 1. The van der Waals surface area contributed by atoms with Crippen LogP contribution in [0.4, 0.5) is 0 Å². The van der Waals surface area contributed by atoms with E-state index in [1.54, 1.807) is 12.5 Å². The van der Waals surface area contributed by atoms with Crippen LogP contribution < -0.4 is 5.73 Å². The number of hydrogen-bond acceptors (Lipinski definition) is 3. The molecule has 0 aliphatic carbocycles. The van der Waals surface area contributed by atoms with Crippen LogP contribution in [0.2, 0.25) is 0 Å². The van der Waals surface area contributed by atoms with E-state index in [0.717, 1.165) is 19.3 Å². The Balaban J connectivity index is 1.76. The van der Waals surface area contributed by atoms with Crippen LogP contribution in [0.15, 0.2) is 47.2 Å². The van der Waals surface area contributed by atoms with E-state index in [1.807, 2.05) is 6.07 Å². The molecule has 2 aromatic rings. The number of nitrogens with two attached hydrogens (primary N) is 1. The van der Waals surface area contributed by atoms with Crippen LogP contribution >= 0.6 is 0 Å². The van der Waals surface area contributed by atoms with Crippen molar-refractivity contribution in [1.29, 1.82) is 0 Å². The molecule has 2 N–H and O–H groups in total. The van der Waals surface area contributed by atoms with Crippen molar-refractivity contribution in [3.05, 3.63) is 54.2 Å². The Bertz CT molecular complexity index is 397. The molecule has 0 radical (unpaired) electrons. The van der Waals surface area contributed by atoms with Crippen molar-refractivity contribution in [2.75, 3.05) is 0 Å². The predicted molar refractivity (Wildman–Crippen MR) is 62.8 cm³/mol. The molecule has 0 spiro atoms. The molecule has 1 atom stereocenters. The molecule has 0 amide bonds. The summed E-state index contributed by atoms with van der Waals surface area (Å²) in [6.07, 6.45) is 6.19. The molecule has 1 heterocycles. The van der Waals surface area contributed by atoms with Crippen LogP contribution in [0, 0.1) is 0 Å². The van der Waals surface area contributed by atoms with E-state index in [2.05, 4.69) is 29.2 Å². The molecule has 3 nitrogen and oxygen atoms in total. The van der Waals surface area contributed by atoms with Crippen molar-refractivity contribution in [1.82, 2.24) is 4.98 Å². The summed E-state index contributed by atoms with van der Waals surface area (Å²) in [5, 5.41) is 0. The summed E-state index contributed by atoms with van der Waals surface area (Å²) in [6, 6.07) is 10.3. The first kappa shape index (κ1) is 10.9. The van der Waals surface area contributed by atoms with Gasteiger partial charge in [0.05, 0.1) is 12.2 Å². The quantitative estimate of drug-likeness (QED) is 0.836. The Morgan fingerprint density at radius 2 is 2.06 bits per heavy atom. The molecule has 1 unspecified atom stereocenters. The minimum absolute atomic E-state index is 0.0845. The first-order chi connectivity index (χ1) is 7.86. The van der Waals surface area contributed by atoms with Gasteiger partial charge in [0.1, 0.15) is 6.26 Å². The summed E-state index contributed by atoms with van der Waals surface area (Å²) in [5.41, 5.74) is 7.30. The highest BCUT2D eigenvalue weighted by Crippen LogP contribution is 2.15. The first-order valence-corrected chi connectivity index (χ1v) is 5.55. The van der Waals surface area contributed by atoms with Crippen molar-refractivity contribution in [2.24, 2.45) is 5.73 Å². The largest absolute Gasteiger partial charge is 0.447 e. The molecule has 2 rings (SSSR count). The van der Waals surface area contributed by atoms with Crippen molar-refractivity contribution in [3.8, 4) is 0 Å². The van der Waals surface area contributed by atoms with E-state index in [4.69, 9.17) is 10.2 Å². The molecule has 16 heavy (non-hydrogen) atoms. The van der Waals surface area contributed by atoms with Gasteiger partial charge in [-0.15, -0.1) is 0 Å². The Hall–Kier alpha value is -1.61. The van der Waals surface area contributed by atoms with Gasteiger partial charge in [-0.05, 0) is 24.8 Å². The van der Waals surface area contributed by atoms with Crippen molar-refractivity contribution in [3.63, 3.8) is 0 Å². The zero-order valence-electron chi connectivity index (χ0n) is 9.17. The van der Waals surface area contributed by atoms with E-state index in [-0.39, 0.29) is 6.04 Å². The lowest BCUT2D eigenvalue weighted by Gasteiger charge is -2.06. The molecule has 1 aromatic carbocycles. The predicted octanol–water partition coefficient (Wildman–Crippen LogP) is 2.70. The summed E-state index contributed by atoms with van der Waals surface area (Å²) in [7, 11) is 0. The summed E-state index contributed by atoms with van der Waals surface area (Å²) < 4.78 is 5.16. The van der Waals surface area contributed by atoms with Gasteiger partial charge in [-0.2, -0.15) is 0 Å². The van der Waals surface area contributed by atoms with Crippen LogP contribution in [0.3, 0.4) is 0 Å². The topological polar surface area (TPSA) is 52.0 Å². The lowest BCUT2D eigenvalue weighted by molar-refractivity contribution is 0.430.